The van der Waals surface area contributed by atoms with E-state index in [9.17, 15) is 0 Å². The van der Waals surface area contributed by atoms with Crippen LogP contribution < -0.4 is 20.7 Å². The van der Waals surface area contributed by atoms with Crippen molar-refractivity contribution >= 4 is 94.2 Å². The zero-order chi connectivity index (χ0) is 46.2. The summed E-state index contributed by atoms with van der Waals surface area (Å²) >= 11 is 0. The smallest absolute Gasteiger partial charge is 0.179 e. The predicted octanol–water partition coefficient (Wildman–Crippen LogP) is 14.0. The van der Waals surface area contributed by atoms with E-state index in [1.165, 1.54) is 80.7 Å². The molecule has 0 aliphatic rings. The summed E-state index contributed by atoms with van der Waals surface area (Å²) in [7, 11) is -2.86. The quantitative estimate of drug-likeness (QED) is 0.107. The van der Waals surface area contributed by atoms with Crippen LogP contribution in [0.5, 0.6) is 0 Å². The molecule has 0 N–H and O–H groups in total. The van der Waals surface area contributed by atoms with Gasteiger partial charge >= 0.3 is 0 Å². The van der Waals surface area contributed by atoms with Crippen molar-refractivity contribution in [2.75, 3.05) is 0 Å². The number of rotatable bonds is 8. The molecule has 0 saturated heterocycles. The number of fused-ring (bicyclic) bond motifs is 9. The van der Waals surface area contributed by atoms with Gasteiger partial charge in [0.1, 0.15) is 0 Å². The molecule has 0 spiro atoms. The number of benzene rings is 11. The van der Waals surface area contributed by atoms with E-state index in [1.54, 1.807) is 0 Å². The van der Waals surface area contributed by atoms with Crippen LogP contribution in [0.15, 0.2) is 273 Å². The van der Waals surface area contributed by atoms with Gasteiger partial charge < -0.3 is 13.7 Å². The van der Waals surface area contributed by atoms with Crippen molar-refractivity contribution in [2.24, 2.45) is 0 Å². The summed E-state index contributed by atoms with van der Waals surface area (Å²) in [6.45, 7) is 0. The minimum Gasteiger partial charge on any atom is -0.309 e. The fourth-order valence-electron chi connectivity index (χ4n) is 11.9. The highest BCUT2D eigenvalue weighted by molar-refractivity contribution is 7.19. The normalized spacial score (nSPS) is 12.0. The molecule has 0 fully saturated rings. The number of nitrogens with zero attached hydrogens (tertiary/aromatic N) is 3. The molecule has 328 valence electrons. The SMILES string of the molecule is c1ccc([Si](c2ccccc2)(c2ccccc2)c2cccc(-c3cccc(-n4c5ccccc5c5ccccc54)c3-n3c4ccccc4c4cc(-n5c6ccccc6c6ccccc65)ccc43)c2)cc1. The fourth-order valence-corrected chi connectivity index (χ4v) is 16.7. The molecule has 0 bridgehead atoms. The molecular formula is C66H45N3Si. The lowest BCUT2D eigenvalue weighted by atomic mass is 10.0. The minimum atomic E-state index is -2.86. The lowest BCUT2D eigenvalue weighted by Crippen LogP contribution is -2.74. The lowest BCUT2D eigenvalue weighted by molar-refractivity contribution is 1.10. The van der Waals surface area contributed by atoms with E-state index in [1.807, 2.05) is 0 Å². The highest BCUT2D eigenvalue weighted by Gasteiger charge is 2.41. The van der Waals surface area contributed by atoms with Gasteiger partial charge in [0.15, 0.2) is 8.07 Å². The molecule has 14 aromatic rings. The zero-order valence-corrected chi connectivity index (χ0v) is 39.3. The summed E-state index contributed by atoms with van der Waals surface area (Å²) in [5.41, 5.74) is 12.8. The Hall–Kier alpha value is -8.96. The molecule has 0 unspecified atom stereocenters. The highest BCUT2D eigenvalue weighted by atomic mass is 28.3. The number of hydrogen-bond donors (Lipinski definition) is 0. The van der Waals surface area contributed by atoms with E-state index >= 15 is 0 Å². The maximum Gasteiger partial charge on any atom is 0.179 e. The molecule has 3 aromatic heterocycles. The molecule has 0 aliphatic heterocycles. The van der Waals surface area contributed by atoms with Crippen molar-refractivity contribution < 1.29 is 0 Å². The first kappa shape index (κ1) is 40.1. The van der Waals surface area contributed by atoms with Crippen molar-refractivity contribution in [3.8, 4) is 28.2 Å². The second-order valence-electron chi connectivity index (χ2n) is 18.4. The molecule has 14 rings (SSSR count). The van der Waals surface area contributed by atoms with Crippen molar-refractivity contribution in [2.45, 2.75) is 0 Å². The van der Waals surface area contributed by atoms with Crippen LogP contribution in [0.3, 0.4) is 0 Å². The van der Waals surface area contributed by atoms with Gasteiger partial charge in [-0.05, 0) is 80.9 Å². The Morgan fingerprint density at radius 3 is 1.13 bits per heavy atom. The maximum absolute atomic E-state index is 2.86. The largest absolute Gasteiger partial charge is 0.309 e. The predicted molar refractivity (Wildman–Crippen MR) is 299 cm³/mol. The van der Waals surface area contributed by atoms with Crippen LogP contribution in [0.4, 0.5) is 0 Å². The molecular weight excluding hydrogens is 863 g/mol. The molecule has 0 radical (unpaired) electrons. The Morgan fingerprint density at radius 1 is 0.243 bits per heavy atom. The second kappa shape index (κ2) is 16.1. The van der Waals surface area contributed by atoms with E-state index < -0.39 is 8.07 Å². The number of hydrogen-bond acceptors (Lipinski definition) is 0. The van der Waals surface area contributed by atoms with E-state index in [0.29, 0.717) is 0 Å². The van der Waals surface area contributed by atoms with Crippen molar-refractivity contribution in [3.05, 3.63) is 273 Å². The number of para-hydroxylation sites is 6. The molecule has 11 aromatic carbocycles. The second-order valence-corrected chi connectivity index (χ2v) is 22.2. The molecule has 0 amide bonds. The third-order valence-corrected chi connectivity index (χ3v) is 19.6. The Labute approximate surface area is 407 Å². The average molecular weight is 908 g/mol. The summed E-state index contributed by atoms with van der Waals surface area (Å²) in [4.78, 5) is 0. The lowest BCUT2D eigenvalue weighted by Gasteiger charge is -2.34. The maximum atomic E-state index is 2.55. The summed E-state index contributed by atoms with van der Waals surface area (Å²) in [6, 6.07) is 102. The fraction of sp³-hybridized carbons (Fsp3) is 0. The molecule has 3 nitrogen and oxygen atoms in total. The first-order chi connectivity index (χ1) is 34.8. The van der Waals surface area contributed by atoms with Gasteiger partial charge in [0.05, 0.1) is 44.5 Å². The number of aromatic nitrogens is 3. The van der Waals surface area contributed by atoms with Crippen LogP contribution in [-0.2, 0) is 0 Å². The van der Waals surface area contributed by atoms with E-state index in [-0.39, 0.29) is 0 Å². The standard InChI is InChI=1S/C66H45N3Si/c1-4-23-48(24-5-1)70(49-25-6-2-7-26-49,50-27-8-3-9-28-50)51-29-20-22-46(44-51)52-35-21-41-65(68-61-38-17-12-32-55(61)56-33-13-18-39-62(56)68)66(52)69-63-40-19-14-34-57(63)58-45-47(42-43-64(58)69)67-59-36-15-10-30-53(59)54-31-11-16-37-60(54)67/h1-45H. The summed E-state index contributed by atoms with van der Waals surface area (Å²) in [6.07, 6.45) is 0. The van der Waals surface area contributed by atoms with Crippen LogP contribution in [0.1, 0.15) is 0 Å². The van der Waals surface area contributed by atoms with Gasteiger partial charge in [-0.3, -0.25) is 0 Å². The Bertz CT molecular complexity index is 4090. The summed E-state index contributed by atoms with van der Waals surface area (Å²) < 4.78 is 7.48. The van der Waals surface area contributed by atoms with Crippen LogP contribution in [-0.4, -0.2) is 21.8 Å². The summed E-state index contributed by atoms with van der Waals surface area (Å²) in [5.74, 6) is 0. The van der Waals surface area contributed by atoms with Gasteiger partial charge in [-0.2, -0.15) is 0 Å². The van der Waals surface area contributed by atoms with Crippen molar-refractivity contribution in [1.29, 1.82) is 0 Å². The molecule has 0 atom stereocenters. The average Bonchev–Trinajstić information content (AvgIpc) is 4.07. The minimum absolute atomic E-state index is 1.12. The Kier molecular flexibility index (Phi) is 9.23. The van der Waals surface area contributed by atoms with Crippen LogP contribution in [0.2, 0.25) is 0 Å². The Morgan fingerprint density at radius 2 is 0.629 bits per heavy atom. The molecule has 70 heavy (non-hydrogen) atoms. The van der Waals surface area contributed by atoms with E-state index in [4.69, 9.17) is 0 Å². The van der Waals surface area contributed by atoms with Gasteiger partial charge in [-0.15, -0.1) is 0 Å². The monoisotopic (exact) mass is 907 g/mol. The Balaban J connectivity index is 1.09. The third kappa shape index (κ3) is 5.94. The van der Waals surface area contributed by atoms with Crippen molar-refractivity contribution in [1.82, 2.24) is 13.7 Å². The van der Waals surface area contributed by atoms with Crippen LogP contribution in [0, 0.1) is 0 Å². The van der Waals surface area contributed by atoms with Gasteiger partial charge in [-0.25, -0.2) is 0 Å². The van der Waals surface area contributed by atoms with Gasteiger partial charge in [0.2, 0.25) is 0 Å². The van der Waals surface area contributed by atoms with Crippen LogP contribution >= 0.6 is 0 Å². The first-order valence-corrected chi connectivity index (χ1v) is 26.2. The molecule has 0 saturated carbocycles. The first-order valence-electron chi connectivity index (χ1n) is 24.2. The molecule has 4 heteroatoms. The van der Waals surface area contributed by atoms with Crippen molar-refractivity contribution in [3.63, 3.8) is 0 Å². The highest BCUT2D eigenvalue weighted by Crippen LogP contribution is 2.43. The van der Waals surface area contributed by atoms with Gasteiger partial charge in [-0.1, -0.05) is 218 Å². The van der Waals surface area contributed by atoms with E-state index in [2.05, 4.69) is 287 Å². The topological polar surface area (TPSA) is 14.8 Å². The van der Waals surface area contributed by atoms with E-state index in [0.717, 1.165) is 33.7 Å². The summed E-state index contributed by atoms with van der Waals surface area (Å²) in [5, 5.41) is 12.8. The molecule has 0 aliphatic carbocycles. The zero-order valence-electron chi connectivity index (χ0n) is 38.3. The van der Waals surface area contributed by atoms with Gasteiger partial charge in [0.25, 0.3) is 0 Å². The van der Waals surface area contributed by atoms with Gasteiger partial charge in [0, 0.05) is 43.6 Å². The third-order valence-electron chi connectivity index (χ3n) is 14.8. The van der Waals surface area contributed by atoms with Crippen LogP contribution in [0.25, 0.3) is 93.6 Å². The molecule has 3 heterocycles.